The zero-order valence-corrected chi connectivity index (χ0v) is 21.2. The molecule has 0 bridgehead atoms. The van der Waals surface area contributed by atoms with Gasteiger partial charge in [-0.05, 0) is 37.1 Å². The topological polar surface area (TPSA) is 101 Å². The Hall–Kier alpha value is -2.69. The van der Waals surface area contributed by atoms with E-state index >= 15 is 0 Å². The number of nitrogens with one attached hydrogen (secondary N) is 1. The number of nitrogens with zero attached hydrogens (tertiary/aromatic N) is 3. The van der Waals surface area contributed by atoms with E-state index in [9.17, 15) is 13.2 Å². The van der Waals surface area contributed by atoms with Gasteiger partial charge in [0, 0.05) is 52.1 Å². The first-order valence-corrected chi connectivity index (χ1v) is 13.1. The van der Waals surface area contributed by atoms with Crippen LogP contribution in [-0.2, 0) is 21.3 Å². The zero-order chi connectivity index (χ0) is 24.9. The SMILES string of the molecule is CO[C@@H]1CN(C)C(=O)c2ccc(NS(C)(=O)=O)cc2OC[C@H](C)N(Cc2ccccn2)C[C@@H]1C. The average molecular weight is 491 g/mol. The number of carbonyl (C=O) groups excluding carboxylic acids is 1. The highest BCUT2D eigenvalue weighted by molar-refractivity contribution is 7.92. The van der Waals surface area contributed by atoms with Crippen LogP contribution in [0.25, 0.3) is 0 Å². The number of likely N-dealkylation sites (N-methyl/N-ethyl adjacent to an activating group) is 1. The van der Waals surface area contributed by atoms with Crippen LogP contribution in [-0.4, -0.2) is 81.4 Å². The van der Waals surface area contributed by atoms with Crippen molar-refractivity contribution in [2.75, 3.05) is 44.8 Å². The van der Waals surface area contributed by atoms with Gasteiger partial charge in [0.2, 0.25) is 10.0 Å². The number of anilines is 1. The highest BCUT2D eigenvalue weighted by Crippen LogP contribution is 2.27. The molecule has 1 amide bonds. The fourth-order valence-electron chi connectivity index (χ4n) is 4.04. The lowest BCUT2D eigenvalue weighted by Gasteiger charge is -2.35. The molecule has 9 nitrogen and oxygen atoms in total. The molecule has 3 rings (SSSR count). The smallest absolute Gasteiger partial charge is 0.257 e. The summed E-state index contributed by atoms with van der Waals surface area (Å²) in [5, 5.41) is 0. The molecule has 3 atom stereocenters. The van der Waals surface area contributed by atoms with Crippen molar-refractivity contribution >= 4 is 21.6 Å². The third-order valence-corrected chi connectivity index (χ3v) is 6.58. The van der Waals surface area contributed by atoms with Crippen molar-refractivity contribution in [3.63, 3.8) is 0 Å². The summed E-state index contributed by atoms with van der Waals surface area (Å²) in [6, 6.07) is 10.6. The van der Waals surface area contributed by atoms with Gasteiger partial charge in [-0.25, -0.2) is 8.42 Å². The fraction of sp³-hybridized carbons (Fsp3) is 0.500. The fourth-order valence-corrected chi connectivity index (χ4v) is 4.60. The van der Waals surface area contributed by atoms with Crippen molar-refractivity contribution in [1.29, 1.82) is 0 Å². The molecule has 0 saturated carbocycles. The summed E-state index contributed by atoms with van der Waals surface area (Å²) in [4.78, 5) is 21.6. The first kappa shape index (κ1) is 25.9. The number of benzene rings is 1. The Morgan fingerprint density at radius 1 is 1.21 bits per heavy atom. The highest BCUT2D eigenvalue weighted by atomic mass is 32.2. The van der Waals surface area contributed by atoms with Gasteiger partial charge in [-0.2, -0.15) is 0 Å². The van der Waals surface area contributed by atoms with Crippen molar-refractivity contribution in [1.82, 2.24) is 14.8 Å². The molecular formula is C24H34N4O5S. The molecule has 10 heteroatoms. The molecule has 0 saturated heterocycles. The number of rotatable bonds is 5. The molecule has 1 N–H and O–H groups in total. The average Bonchev–Trinajstić information content (AvgIpc) is 2.79. The summed E-state index contributed by atoms with van der Waals surface area (Å²) in [6.07, 6.45) is 2.69. The summed E-state index contributed by atoms with van der Waals surface area (Å²) in [5.74, 6) is 0.262. The Morgan fingerprint density at radius 2 is 1.97 bits per heavy atom. The molecular weight excluding hydrogens is 456 g/mol. The van der Waals surface area contributed by atoms with Crippen LogP contribution < -0.4 is 9.46 Å². The molecule has 0 fully saturated rings. The third-order valence-electron chi connectivity index (χ3n) is 5.97. The molecule has 1 aromatic heterocycles. The summed E-state index contributed by atoms with van der Waals surface area (Å²) in [5.41, 5.74) is 1.66. The van der Waals surface area contributed by atoms with E-state index in [0.29, 0.717) is 36.7 Å². The molecule has 0 aliphatic carbocycles. The minimum absolute atomic E-state index is 0.00593. The lowest BCUT2D eigenvalue weighted by atomic mass is 10.0. The Kier molecular flexibility index (Phi) is 8.51. The van der Waals surface area contributed by atoms with Gasteiger partial charge in [0.15, 0.2) is 0 Å². The zero-order valence-electron chi connectivity index (χ0n) is 20.4. The van der Waals surface area contributed by atoms with E-state index in [0.717, 1.165) is 18.5 Å². The predicted molar refractivity (Wildman–Crippen MR) is 131 cm³/mol. The van der Waals surface area contributed by atoms with E-state index in [1.54, 1.807) is 43.5 Å². The number of hydrogen-bond donors (Lipinski definition) is 1. The summed E-state index contributed by atoms with van der Waals surface area (Å²) in [6.45, 7) is 6.27. The lowest BCUT2D eigenvalue weighted by Crippen LogP contribution is -2.46. The first-order valence-electron chi connectivity index (χ1n) is 11.2. The van der Waals surface area contributed by atoms with Crippen LogP contribution in [0.4, 0.5) is 5.69 Å². The van der Waals surface area contributed by atoms with E-state index in [1.165, 1.54) is 0 Å². The number of pyridine rings is 1. The third kappa shape index (κ3) is 6.91. The maximum atomic E-state index is 13.2. The van der Waals surface area contributed by atoms with Gasteiger partial charge in [-0.15, -0.1) is 0 Å². The quantitative estimate of drug-likeness (QED) is 0.687. The molecule has 0 unspecified atom stereocenters. The van der Waals surface area contributed by atoms with Gasteiger partial charge in [0.1, 0.15) is 12.4 Å². The molecule has 0 radical (unpaired) electrons. The van der Waals surface area contributed by atoms with E-state index in [4.69, 9.17) is 9.47 Å². The number of aromatic nitrogens is 1. The van der Waals surface area contributed by atoms with Gasteiger partial charge in [-0.1, -0.05) is 13.0 Å². The molecule has 34 heavy (non-hydrogen) atoms. The van der Waals surface area contributed by atoms with Crippen LogP contribution >= 0.6 is 0 Å². The Bertz CT molecular complexity index is 1080. The maximum absolute atomic E-state index is 13.2. The number of sulfonamides is 1. The standard InChI is InChI=1S/C24H34N4O5S/c1-17-13-28(14-20-8-6-7-11-25-20)18(2)16-33-22-12-19(26-34(5,30)31)9-10-21(22)24(29)27(3)15-23(17)32-4/h6-12,17-18,23,26H,13-16H2,1-5H3/t17-,18-,23+/m0/s1. The van der Waals surface area contributed by atoms with Crippen LogP contribution in [0.15, 0.2) is 42.6 Å². The minimum Gasteiger partial charge on any atom is -0.491 e. The molecule has 1 aliphatic heterocycles. The van der Waals surface area contributed by atoms with E-state index in [-0.39, 0.29) is 24.0 Å². The second kappa shape index (κ2) is 11.2. The van der Waals surface area contributed by atoms with Crippen molar-refractivity contribution in [3.05, 3.63) is 53.9 Å². The largest absolute Gasteiger partial charge is 0.491 e. The van der Waals surface area contributed by atoms with E-state index < -0.39 is 10.0 Å². The molecule has 186 valence electrons. The molecule has 2 heterocycles. The summed E-state index contributed by atoms with van der Waals surface area (Å²) < 4.78 is 37.8. The lowest BCUT2D eigenvalue weighted by molar-refractivity contribution is 0.00901. The normalized spacial score (nSPS) is 22.8. The minimum atomic E-state index is -3.47. The van der Waals surface area contributed by atoms with Gasteiger partial charge < -0.3 is 14.4 Å². The number of fused-ring (bicyclic) bond motifs is 1. The first-order chi connectivity index (χ1) is 16.1. The van der Waals surface area contributed by atoms with Gasteiger partial charge in [0.25, 0.3) is 5.91 Å². The molecule has 0 spiro atoms. The van der Waals surface area contributed by atoms with Crippen LogP contribution in [0.2, 0.25) is 0 Å². The van der Waals surface area contributed by atoms with Crippen LogP contribution in [0.1, 0.15) is 29.9 Å². The second-order valence-corrected chi connectivity index (χ2v) is 10.7. The second-order valence-electron chi connectivity index (χ2n) is 8.93. The Labute approximate surface area is 202 Å². The van der Waals surface area contributed by atoms with Crippen molar-refractivity contribution < 1.29 is 22.7 Å². The number of methoxy groups -OCH3 is 1. The Balaban J connectivity index is 1.96. The van der Waals surface area contributed by atoms with Crippen LogP contribution in [0.5, 0.6) is 5.75 Å². The van der Waals surface area contributed by atoms with Gasteiger partial charge in [-0.3, -0.25) is 19.4 Å². The number of ether oxygens (including phenoxy) is 2. The number of carbonyl (C=O) groups is 1. The van der Waals surface area contributed by atoms with Crippen LogP contribution in [0.3, 0.4) is 0 Å². The summed E-state index contributed by atoms with van der Waals surface area (Å²) >= 11 is 0. The molecule has 1 aliphatic rings. The molecule has 1 aromatic carbocycles. The number of hydrogen-bond acceptors (Lipinski definition) is 7. The van der Waals surface area contributed by atoms with Crippen molar-refractivity contribution in [2.24, 2.45) is 5.92 Å². The maximum Gasteiger partial charge on any atom is 0.257 e. The monoisotopic (exact) mass is 490 g/mol. The van der Waals surface area contributed by atoms with Crippen molar-refractivity contribution in [2.45, 2.75) is 32.5 Å². The van der Waals surface area contributed by atoms with Gasteiger partial charge >= 0.3 is 0 Å². The van der Waals surface area contributed by atoms with Gasteiger partial charge in [0.05, 0.1) is 29.3 Å². The summed E-state index contributed by atoms with van der Waals surface area (Å²) in [7, 11) is -0.0771. The van der Waals surface area contributed by atoms with E-state index in [2.05, 4.69) is 28.5 Å². The Morgan fingerprint density at radius 3 is 2.62 bits per heavy atom. The van der Waals surface area contributed by atoms with Crippen LogP contribution in [0, 0.1) is 5.92 Å². The predicted octanol–water partition coefficient (Wildman–Crippen LogP) is 2.46. The number of amides is 1. The highest BCUT2D eigenvalue weighted by Gasteiger charge is 2.28. The van der Waals surface area contributed by atoms with Crippen molar-refractivity contribution in [3.8, 4) is 5.75 Å². The molecule has 2 aromatic rings. The van der Waals surface area contributed by atoms with E-state index in [1.807, 2.05) is 18.2 Å².